The van der Waals surface area contributed by atoms with Crippen molar-refractivity contribution in [2.45, 2.75) is 25.5 Å². The van der Waals surface area contributed by atoms with Gasteiger partial charge in [-0.25, -0.2) is 9.07 Å². The Morgan fingerprint density at radius 3 is 2.79 bits per heavy atom. The number of aryl methyl sites for hydroxylation is 1. The van der Waals surface area contributed by atoms with Gasteiger partial charge >= 0.3 is 0 Å². The molecule has 0 aliphatic rings. The summed E-state index contributed by atoms with van der Waals surface area (Å²) in [5.41, 5.74) is 2.48. The van der Waals surface area contributed by atoms with Gasteiger partial charge in [0.05, 0.1) is 17.7 Å². The maximum atomic E-state index is 14.2. The summed E-state index contributed by atoms with van der Waals surface area (Å²) in [7, 11) is 0. The van der Waals surface area contributed by atoms with E-state index in [1.807, 2.05) is 19.9 Å². The first-order chi connectivity index (χ1) is 14.0. The standard InChI is InChI=1S/C20H18FN5O2S/c1-13-10-16(14(2)26(13)18-8-4-3-7-17(18)21)19(27)12-29-20-22-23-24-25(20)11-15-6-5-9-28-15/h3-10H,11-12H2,1-2H3. The van der Waals surface area contributed by atoms with Crippen molar-refractivity contribution in [1.82, 2.24) is 24.8 Å². The zero-order valence-electron chi connectivity index (χ0n) is 15.9. The quantitative estimate of drug-likeness (QED) is 0.340. The molecule has 0 N–H and O–H groups in total. The molecule has 4 aromatic rings. The van der Waals surface area contributed by atoms with E-state index in [2.05, 4.69) is 15.5 Å². The van der Waals surface area contributed by atoms with Crippen LogP contribution in [-0.4, -0.2) is 36.3 Å². The second kappa shape index (κ2) is 8.04. The summed E-state index contributed by atoms with van der Waals surface area (Å²) in [6.07, 6.45) is 1.58. The van der Waals surface area contributed by atoms with Crippen LogP contribution in [0.4, 0.5) is 4.39 Å². The molecule has 9 heteroatoms. The number of carbonyl (C=O) groups excluding carboxylic acids is 1. The van der Waals surface area contributed by atoms with Gasteiger partial charge < -0.3 is 8.98 Å². The second-order valence-electron chi connectivity index (χ2n) is 6.48. The van der Waals surface area contributed by atoms with Crippen LogP contribution in [0.15, 0.2) is 58.3 Å². The fourth-order valence-electron chi connectivity index (χ4n) is 3.21. The zero-order chi connectivity index (χ0) is 20.4. The van der Waals surface area contributed by atoms with Crippen molar-refractivity contribution in [1.29, 1.82) is 0 Å². The Labute approximate surface area is 170 Å². The summed E-state index contributed by atoms with van der Waals surface area (Å²) in [6.45, 7) is 4.06. The molecule has 4 rings (SSSR count). The molecular formula is C20H18FN5O2S. The highest BCUT2D eigenvalue weighted by Crippen LogP contribution is 2.25. The number of Topliss-reactive ketones (excluding diaryl/α,β-unsaturated/α-hetero) is 1. The Balaban J connectivity index is 1.51. The minimum Gasteiger partial charge on any atom is -0.467 e. The van der Waals surface area contributed by atoms with Crippen LogP contribution in [-0.2, 0) is 6.54 Å². The number of tetrazole rings is 1. The summed E-state index contributed by atoms with van der Waals surface area (Å²) in [5.74, 6) is 0.483. The molecule has 0 radical (unpaired) electrons. The SMILES string of the molecule is Cc1cc(C(=O)CSc2nnnn2Cc2ccco2)c(C)n1-c1ccccc1F. The smallest absolute Gasteiger partial charge is 0.210 e. The predicted octanol–water partition coefficient (Wildman–Crippen LogP) is 3.84. The van der Waals surface area contributed by atoms with Crippen molar-refractivity contribution in [3.8, 4) is 5.69 Å². The van der Waals surface area contributed by atoms with Gasteiger partial charge in [0.2, 0.25) is 5.16 Å². The zero-order valence-corrected chi connectivity index (χ0v) is 16.7. The van der Waals surface area contributed by atoms with Gasteiger partial charge in [0.15, 0.2) is 5.78 Å². The first kappa shape index (κ1) is 19.1. The highest BCUT2D eigenvalue weighted by molar-refractivity contribution is 7.99. The van der Waals surface area contributed by atoms with Crippen LogP contribution in [0.2, 0.25) is 0 Å². The highest BCUT2D eigenvalue weighted by atomic mass is 32.2. The number of halogens is 1. The summed E-state index contributed by atoms with van der Waals surface area (Å²) in [6, 6.07) is 11.9. The fourth-order valence-corrected chi connectivity index (χ4v) is 3.97. The number of nitrogens with zero attached hydrogens (tertiary/aromatic N) is 5. The molecule has 29 heavy (non-hydrogen) atoms. The van der Waals surface area contributed by atoms with E-state index in [4.69, 9.17) is 4.42 Å². The Morgan fingerprint density at radius 2 is 2.03 bits per heavy atom. The number of rotatable bonds is 7. The van der Waals surface area contributed by atoms with E-state index < -0.39 is 0 Å². The molecule has 0 saturated heterocycles. The maximum Gasteiger partial charge on any atom is 0.210 e. The Bertz CT molecular complexity index is 1150. The third kappa shape index (κ3) is 3.86. The maximum absolute atomic E-state index is 14.2. The normalized spacial score (nSPS) is 11.1. The number of furan rings is 1. The average Bonchev–Trinajstić information content (AvgIpc) is 3.43. The van der Waals surface area contributed by atoms with Crippen molar-refractivity contribution in [3.63, 3.8) is 0 Å². The van der Waals surface area contributed by atoms with Gasteiger partial charge in [-0.2, -0.15) is 0 Å². The van der Waals surface area contributed by atoms with Gasteiger partial charge in [0.1, 0.15) is 18.1 Å². The Morgan fingerprint density at radius 1 is 1.21 bits per heavy atom. The molecule has 3 aromatic heterocycles. The van der Waals surface area contributed by atoms with Crippen LogP contribution in [0.25, 0.3) is 5.69 Å². The number of para-hydroxylation sites is 1. The lowest BCUT2D eigenvalue weighted by molar-refractivity contribution is 0.102. The first-order valence-corrected chi connectivity index (χ1v) is 9.91. The molecule has 0 spiro atoms. The number of benzene rings is 1. The molecule has 1 aromatic carbocycles. The highest BCUT2D eigenvalue weighted by Gasteiger charge is 2.19. The van der Waals surface area contributed by atoms with E-state index in [0.29, 0.717) is 28.6 Å². The van der Waals surface area contributed by atoms with E-state index in [9.17, 15) is 9.18 Å². The molecule has 0 aliphatic carbocycles. The van der Waals surface area contributed by atoms with Crippen LogP contribution in [0, 0.1) is 19.7 Å². The minimum atomic E-state index is -0.334. The van der Waals surface area contributed by atoms with Crippen molar-refractivity contribution in [2.24, 2.45) is 0 Å². The van der Waals surface area contributed by atoms with Crippen LogP contribution in [0.1, 0.15) is 27.5 Å². The van der Waals surface area contributed by atoms with Crippen LogP contribution in [0.5, 0.6) is 0 Å². The van der Waals surface area contributed by atoms with Gasteiger partial charge in [-0.1, -0.05) is 23.9 Å². The van der Waals surface area contributed by atoms with Gasteiger partial charge in [-0.15, -0.1) is 5.10 Å². The van der Waals surface area contributed by atoms with Gasteiger partial charge in [-0.05, 0) is 54.6 Å². The summed E-state index contributed by atoms with van der Waals surface area (Å²) in [4.78, 5) is 12.8. The van der Waals surface area contributed by atoms with Gasteiger partial charge in [-0.3, -0.25) is 4.79 Å². The summed E-state index contributed by atoms with van der Waals surface area (Å²) >= 11 is 1.25. The largest absolute Gasteiger partial charge is 0.467 e. The number of hydrogen-bond donors (Lipinski definition) is 0. The molecule has 0 fully saturated rings. The lowest BCUT2D eigenvalue weighted by Crippen LogP contribution is -2.08. The first-order valence-electron chi connectivity index (χ1n) is 8.93. The monoisotopic (exact) mass is 411 g/mol. The Hall–Kier alpha value is -3.20. The summed E-state index contributed by atoms with van der Waals surface area (Å²) in [5, 5.41) is 12.1. The predicted molar refractivity (Wildman–Crippen MR) is 106 cm³/mol. The van der Waals surface area contributed by atoms with Gasteiger partial charge in [0, 0.05) is 17.0 Å². The molecular weight excluding hydrogens is 393 g/mol. The topological polar surface area (TPSA) is 78.7 Å². The van der Waals surface area contributed by atoms with Crippen molar-refractivity contribution in [3.05, 3.63) is 77.3 Å². The van der Waals surface area contributed by atoms with Crippen LogP contribution in [0.3, 0.4) is 0 Å². The molecule has 0 saturated carbocycles. The third-order valence-corrected chi connectivity index (χ3v) is 5.50. The number of aromatic nitrogens is 5. The Kier molecular flexibility index (Phi) is 5.30. The number of carbonyl (C=O) groups is 1. The van der Waals surface area contributed by atoms with Crippen LogP contribution >= 0.6 is 11.8 Å². The molecule has 7 nitrogen and oxygen atoms in total. The fraction of sp³-hybridized carbons (Fsp3) is 0.200. The molecule has 0 aliphatic heterocycles. The molecule has 0 bridgehead atoms. The average molecular weight is 411 g/mol. The number of ketones is 1. The number of thioether (sulfide) groups is 1. The number of hydrogen-bond acceptors (Lipinski definition) is 6. The molecule has 0 amide bonds. The lowest BCUT2D eigenvalue weighted by atomic mass is 10.2. The molecule has 148 valence electrons. The van der Waals surface area contributed by atoms with Gasteiger partial charge in [0.25, 0.3) is 0 Å². The van der Waals surface area contributed by atoms with Crippen LogP contribution < -0.4 is 0 Å². The lowest BCUT2D eigenvalue weighted by Gasteiger charge is -2.10. The molecule has 0 atom stereocenters. The van der Waals surface area contributed by atoms with Crippen molar-refractivity contribution < 1.29 is 13.6 Å². The second-order valence-corrected chi connectivity index (χ2v) is 7.42. The minimum absolute atomic E-state index is 0.0711. The van der Waals surface area contributed by atoms with Crippen molar-refractivity contribution >= 4 is 17.5 Å². The van der Waals surface area contributed by atoms with E-state index in [-0.39, 0.29) is 17.4 Å². The van der Waals surface area contributed by atoms with E-state index in [1.165, 1.54) is 17.8 Å². The van der Waals surface area contributed by atoms with E-state index in [0.717, 1.165) is 11.5 Å². The molecule has 3 heterocycles. The third-order valence-electron chi connectivity index (χ3n) is 4.54. The van der Waals surface area contributed by atoms with E-state index in [1.54, 1.807) is 45.8 Å². The molecule has 0 unspecified atom stereocenters. The van der Waals surface area contributed by atoms with E-state index >= 15 is 0 Å². The van der Waals surface area contributed by atoms with Crippen molar-refractivity contribution in [2.75, 3.05) is 5.75 Å². The summed E-state index contributed by atoms with van der Waals surface area (Å²) < 4.78 is 22.9.